The van der Waals surface area contributed by atoms with Gasteiger partial charge in [0, 0.05) is 16.9 Å². The van der Waals surface area contributed by atoms with E-state index >= 15 is 0 Å². The first kappa shape index (κ1) is 19.4. The van der Waals surface area contributed by atoms with Crippen LogP contribution in [0.1, 0.15) is 20.8 Å². The van der Waals surface area contributed by atoms with E-state index in [2.05, 4.69) is 135 Å². The van der Waals surface area contributed by atoms with Crippen molar-refractivity contribution in [3.63, 3.8) is 0 Å². The lowest BCUT2D eigenvalue weighted by Crippen LogP contribution is -2.37. The van der Waals surface area contributed by atoms with Crippen molar-refractivity contribution in [2.24, 2.45) is 0 Å². The Labute approximate surface area is 184 Å². The van der Waals surface area contributed by atoms with Crippen molar-refractivity contribution in [3.05, 3.63) is 109 Å². The first-order chi connectivity index (χ1) is 15.0. The molecule has 0 aliphatic carbocycles. The Kier molecular flexibility index (Phi) is 4.75. The highest BCUT2D eigenvalue weighted by molar-refractivity contribution is 6.08. The van der Waals surface area contributed by atoms with Crippen LogP contribution in [0, 0.1) is 0 Å². The SMILES string of the molecule is CC(C)(C)N(c1cccc(-c2ccccc2)c1)c1ccc2ccc3ccccc3c2c1. The molecule has 0 amide bonds. The Morgan fingerprint density at radius 3 is 1.87 bits per heavy atom. The van der Waals surface area contributed by atoms with Crippen LogP contribution in [-0.4, -0.2) is 5.54 Å². The van der Waals surface area contributed by atoms with Gasteiger partial charge in [0.25, 0.3) is 0 Å². The summed E-state index contributed by atoms with van der Waals surface area (Å²) in [4.78, 5) is 2.45. The molecular formula is C30H27N. The summed E-state index contributed by atoms with van der Waals surface area (Å²) in [6.07, 6.45) is 0. The monoisotopic (exact) mass is 401 g/mol. The second-order valence-electron chi connectivity index (χ2n) is 9.11. The van der Waals surface area contributed by atoms with E-state index in [-0.39, 0.29) is 5.54 Å². The number of rotatable bonds is 3. The molecule has 0 spiro atoms. The van der Waals surface area contributed by atoms with Crippen molar-refractivity contribution in [1.82, 2.24) is 0 Å². The molecule has 31 heavy (non-hydrogen) atoms. The fraction of sp³-hybridized carbons (Fsp3) is 0.133. The quantitative estimate of drug-likeness (QED) is 0.274. The zero-order chi connectivity index (χ0) is 21.4. The zero-order valence-electron chi connectivity index (χ0n) is 18.3. The molecule has 0 atom stereocenters. The van der Waals surface area contributed by atoms with Crippen molar-refractivity contribution in [3.8, 4) is 11.1 Å². The van der Waals surface area contributed by atoms with Gasteiger partial charge in [0.2, 0.25) is 0 Å². The Morgan fingerprint density at radius 1 is 0.484 bits per heavy atom. The van der Waals surface area contributed by atoms with E-state index in [4.69, 9.17) is 0 Å². The molecule has 0 radical (unpaired) electrons. The Bertz CT molecular complexity index is 1360. The van der Waals surface area contributed by atoms with Crippen LogP contribution in [0.3, 0.4) is 0 Å². The van der Waals surface area contributed by atoms with Crippen LogP contribution in [0.2, 0.25) is 0 Å². The number of nitrogens with zero attached hydrogens (tertiary/aromatic N) is 1. The summed E-state index contributed by atoms with van der Waals surface area (Å²) in [5.41, 5.74) is 4.81. The molecule has 0 aliphatic rings. The highest BCUT2D eigenvalue weighted by Gasteiger charge is 2.24. The number of benzene rings is 5. The number of fused-ring (bicyclic) bond motifs is 3. The lowest BCUT2D eigenvalue weighted by molar-refractivity contribution is 0.560. The van der Waals surface area contributed by atoms with Crippen molar-refractivity contribution in [2.45, 2.75) is 26.3 Å². The van der Waals surface area contributed by atoms with Crippen LogP contribution >= 0.6 is 0 Å². The van der Waals surface area contributed by atoms with Crippen molar-refractivity contribution >= 4 is 32.9 Å². The zero-order valence-corrected chi connectivity index (χ0v) is 18.3. The van der Waals surface area contributed by atoms with Crippen molar-refractivity contribution in [2.75, 3.05) is 4.90 Å². The third kappa shape index (κ3) is 3.68. The molecule has 0 bridgehead atoms. The summed E-state index contributed by atoms with van der Waals surface area (Å²) >= 11 is 0. The molecule has 1 nitrogen and oxygen atoms in total. The molecule has 0 N–H and O–H groups in total. The standard InChI is InChI=1S/C30H27N/c1-30(2,3)31(26-14-9-13-25(20-26)22-10-5-4-6-11-22)27-19-18-24-17-16-23-12-7-8-15-28(23)29(24)21-27/h4-21H,1-3H3. The molecule has 0 aromatic heterocycles. The van der Waals surface area contributed by atoms with E-state index in [9.17, 15) is 0 Å². The second-order valence-corrected chi connectivity index (χ2v) is 9.11. The Hall–Kier alpha value is -3.58. The normalized spacial score (nSPS) is 11.7. The van der Waals surface area contributed by atoms with Crippen molar-refractivity contribution in [1.29, 1.82) is 0 Å². The van der Waals surface area contributed by atoms with Crippen LogP contribution in [0.4, 0.5) is 11.4 Å². The van der Waals surface area contributed by atoms with E-state index < -0.39 is 0 Å². The first-order valence-electron chi connectivity index (χ1n) is 10.9. The van der Waals surface area contributed by atoms with E-state index in [1.807, 2.05) is 0 Å². The fourth-order valence-electron chi connectivity index (χ4n) is 4.51. The van der Waals surface area contributed by atoms with Gasteiger partial charge >= 0.3 is 0 Å². The summed E-state index contributed by atoms with van der Waals surface area (Å²) in [6, 6.07) is 39.4. The third-order valence-electron chi connectivity index (χ3n) is 5.87. The lowest BCUT2D eigenvalue weighted by Gasteiger charge is -2.38. The van der Waals surface area contributed by atoms with Crippen molar-refractivity contribution < 1.29 is 0 Å². The maximum Gasteiger partial charge on any atom is 0.0422 e. The van der Waals surface area contributed by atoms with Crippen LogP contribution in [-0.2, 0) is 0 Å². The summed E-state index contributed by atoms with van der Waals surface area (Å²) in [5, 5.41) is 5.15. The molecule has 0 saturated heterocycles. The molecule has 5 aromatic carbocycles. The minimum Gasteiger partial charge on any atom is -0.336 e. The smallest absolute Gasteiger partial charge is 0.0422 e. The van der Waals surface area contributed by atoms with Gasteiger partial charge in [-0.1, -0.05) is 84.9 Å². The van der Waals surface area contributed by atoms with Gasteiger partial charge in [-0.2, -0.15) is 0 Å². The summed E-state index contributed by atoms with van der Waals surface area (Å²) in [6.45, 7) is 6.82. The molecule has 5 rings (SSSR count). The lowest BCUT2D eigenvalue weighted by atomic mass is 9.97. The molecule has 0 saturated carbocycles. The highest BCUT2D eigenvalue weighted by Crippen LogP contribution is 2.38. The van der Waals surface area contributed by atoms with Crippen LogP contribution in [0.5, 0.6) is 0 Å². The maximum atomic E-state index is 2.45. The molecule has 0 aliphatic heterocycles. The predicted molar refractivity (Wildman–Crippen MR) is 135 cm³/mol. The maximum absolute atomic E-state index is 2.45. The van der Waals surface area contributed by atoms with Gasteiger partial charge in [-0.05, 0) is 77.7 Å². The molecule has 1 heteroatoms. The van der Waals surface area contributed by atoms with E-state index in [1.165, 1.54) is 44.0 Å². The van der Waals surface area contributed by atoms with Crippen LogP contribution in [0.25, 0.3) is 32.7 Å². The summed E-state index contributed by atoms with van der Waals surface area (Å²) in [5.74, 6) is 0. The van der Waals surface area contributed by atoms with Gasteiger partial charge in [0.15, 0.2) is 0 Å². The first-order valence-corrected chi connectivity index (χ1v) is 10.9. The predicted octanol–water partition coefficient (Wildman–Crippen LogP) is 8.60. The van der Waals surface area contributed by atoms with E-state index in [0.29, 0.717) is 0 Å². The number of hydrogen-bond donors (Lipinski definition) is 0. The van der Waals surface area contributed by atoms with Gasteiger partial charge in [0.1, 0.15) is 0 Å². The fourth-order valence-corrected chi connectivity index (χ4v) is 4.51. The molecule has 0 heterocycles. The average molecular weight is 402 g/mol. The molecule has 5 aromatic rings. The van der Waals surface area contributed by atoms with Crippen LogP contribution < -0.4 is 4.90 Å². The Balaban J connectivity index is 1.68. The topological polar surface area (TPSA) is 3.24 Å². The largest absolute Gasteiger partial charge is 0.336 e. The Morgan fingerprint density at radius 2 is 1.10 bits per heavy atom. The van der Waals surface area contributed by atoms with E-state index in [1.54, 1.807) is 0 Å². The van der Waals surface area contributed by atoms with Gasteiger partial charge in [-0.3, -0.25) is 0 Å². The molecule has 0 fully saturated rings. The minimum absolute atomic E-state index is 0.0758. The third-order valence-corrected chi connectivity index (χ3v) is 5.87. The number of hydrogen-bond acceptors (Lipinski definition) is 1. The van der Waals surface area contributed by atoms with Gasteiger partial charge < -0.3 is 4.90 Å². The molecule has 0 unspecified atom stereocenters. The van der Waals surface area contributed by atoms with Gasteiger partial charge in [-0.15, -0.1) is 0 Å². The summed E-state index contributed by atoms with van der Waals surface area (Å²) < 4.78 is 0. The molecular weight excluding hydrogens is 374 g/mol. The second kappa shape index (κ2) is 7.59. The van der Waals surface area contributed by atoms with Gasteiger partial charge in [0.05, 0.1) is 0 Å². The van der Waals surface area contributed by atoms with Gasteiger partial charge in [-0.25, -0.2) is 0 Å². The number of anilines is 2. The summed E-state index contributed by atoms with van der Waals surface area (Å²) in [7, 11) is 0. The average Bonchev–Trinajstić information content (AvgIpc) is 2.79. The molecule has 152 valence electrons. The minimum atomic E-state index is -0.0758. The highest BCUT2D eigenvalue weighted by atomic mass is 15.2. The van der Waals surface area contributed by atoms with E-state index in [0.717, 1.165) is 0 Å². The van der Waals surface area contributed by atoms with Crippen LogP contribution in [0.15, 0.2) is 109 Å².